The van der Waals surface area contributed by atoms with Crippen LogP contribution in [0.15, 0.2) is 60.8 Å². The van der Waals surface area contributed by atoms with Gasteiger partial charge in [-0.3, -0.25) is 4.79 Å². The molecule has 0 saturated heterocycles. The number of amides is 1. The minimum Gasteiger partial charge on any atom is -0.491 e. The van der Waals surface area contributed by atoms with E-state index in [4.69, 9.17) is 10.5 Å². The number of rotatable bonds is 8. The molecule has 3 N–H and O–H groups in total. The molecule has 1 aromatic heterocycles. The predicted molar refractivity (Wildman–Crippen MR) is 126 cm³/mol. The molecule has 2 aromatic carbocycles. The van der Waals surface area contributed by atoms with Crippen LogP contribution in [0.2, 0.25) is 0 Å². The van der Waals surface area contributed by atoms with Gasteiger partial charge in [0, 0.05) is 36.0 Å². The second kappa shape index (κ2) is 10.1. The lowest BCUT2D eigenvalue weighted by atomic mass is 9.99. The summed E-state index contributed by atoms with van der Waals surface area (Å²) >= 11 is 0. The molecule has 162 valence electrons. The number of ether oxygens (including phenoxy) is 1. The van der Waals surface area contributed by atoms with Crippen molar-refractivity contribution in [3.05, 3.63) is 66.4 Å². The summed E-state index contributed by atoms with van der Waals surface area (Å²) in [7, 11) is 3.95. The van der Waals surface area contributed by atoms with Crippen molar-refractivity contribution in [2.75, 3.05) is 32.9 Å². The van der Waals surface area contributed by atoms with Crippen molar-refractivity contribution >= 4 is 11.7 Å². The van der Waals surface area contributed by atoms with Crippen molar-refractivity contribution in [2.45, 2.75) is 20.0 Å². The Labute approximate surface area is 184 Å². The molecule has 6 heteroatoms. The summed E-state index contributed by atoms with van der Waals surface area (Å²) in [5, 5.41) is 2.95. The van der Waals surface area contributed by atoms with Crippen LogP contribution in [0.4, 0.5) is 5.82 Å². The van der Waals surface area contributed by atoms with E-state index in [0.717, 1.165) is 34.5 Å². The maximum absolute atomic E-state index is 12.5. The van der Waals surface area contributed by atoms with Gasteiger partial charge in [0.15, 0.2) is 0 Å². The van der Waals surface area contributed by atoms with Gasteiger partial charge in [-0.15, -0.1) is 0 Å². The molecule has 0 aliphatic heterocycles. The normalized spacial score (nSPS) is 11.0. The first-order chi connectivity index (χ1) is 14.8. The second-order valence-corrected chi connectivity index (χ2v) is 7.99. The van der Waals surface area contributed by atoms with Crippen LogP contribution < -0.4 is 15.8 Å². The third kappa shape index (κ3) is 6.06. The molecular formula is C25H30N4O2. The standard InChI is InChI=1S/C25H30N4O2/c1-17(2)31-22-10-6-8-19(14-22)23-15-21(16-28-24(23)26)18-7-5-9-20(13-18)25(30)27-11-12-29(3)4/h5-10,13-17H,11-12H2,1-4H3,(H2,26,28)(H,27,30). The maximum atomic E-state index is 12.5. The van der Waals surface area contributed by atoms with Gasteiger partial charge in [0.1, 0.15) is 11.6 Å². The first-order valence-corrected chi connectivity index (χ1v) is 10.4. The third-order valence-electron chi connectivity index (χ3n) is 4.74. The number of benzene rings is 2. The molecule has 0 saturated carbocycles. The average molecular weight is 419 g/mol. The molecule has 1 heterocycles. The zero-order valence-electron chi connectivity index (χ0n) is 18.6. The van der Waals surface area contributed by atoms with Gasteiger partial charge >= 0.3 is 0 Å². The molecule has 1 amide bonds. The first-order valence-electron chi connectivity index (χ1n) is 10.4. The molecule has 0 aliphatic rings. The summed E-state index contributed by atoms with van der Waals surface area (Å²) in [5.41, 5.74) is 10.4. The fraction of sp³-hybridized carbons (Fsp3) is 0.280. The van der Waals surface area contributed by atoms with Crippen LogP contribution in [0, 0.1) is 0 Å². The molecule has 0 aliphatic carbocycles. The van der Waals surface area contributed by atoms with Crippen molar-refractivity contribution in [2.24, 2.45) is 0 Å². The molecule has 0 spiro atoms. The zero-order chi connectivity index (χ0) is 22.4. The topological polar surface area (TPSA) is 80.5 Å². The molecule has 0 radical (unpaired) electrons. The number of nitrogen functional groups attached to an aromatic ring is 1. The summed E-state index contributed by atoms with van der Waals surface area (Å²) in [6.45, 7) is 5.37. The lowest BCUT2D eigenvalue weighted by molar-refractivity contribution is 0.0951. The quantitative estimate of drug-likeness (QED) is 0.576. The molecule has 0 fully saturated rings. The van der Waals surface area contributed by atoms with E-state index in [1.54, 1.807) is 6.20 Å². The third-order valence-corrected chi connectivity index (χ3v) is 4.74. The van der Waals surface area contributed by atoms with Crippen molar-refractivity contribution in [3.8, 4) is 28.0 Å². The fourth-order valence-electron chi connectivity index (χ4n) is 3.21. The van der Waals surface area contributed by atoms with Crippen molar-refractivity contribution in [1.29, 1.82) is 0 Å². The Hall–Kier alpha value is -3.38. The molecule has 31 heavy (non-hydrogen) atoms. The number of hydrogen-bond acceptors (Lipinski definition) is 5. The Kier molecular flexibility index (Phi) is 7.26. The largest absolute Gasteiger partial charge is 0.491 e. The number of pyridine rings is 1. The minimum absolute atomic E-state index is 0.0867. The number of nitrogens with one attached hydrogen (secondary N) is 1. The number of likely N-dealkylation sites (N-methyl/N-ethyl adjacent to an activating group) is 1. The van der Waals surface area contributed by atoms with Crippen molar-refractivity contribution in [3.63, 3.8) is 0 Å². The first kappa shape index (κ1) is 22.3. The van der Waals surface area contributed by atoms with Gasteiger partial charge in [-0.2, -0.15) is 0 Å². The van der Waals surface area contributed by atoms with Gasteiger partial charge in [0.05, 0.1) is 6.10 Å². The average Bonchev–Trinajstić information content (AvgIpc) is 2.73. The van der Waals surface area contributed by atoms with E-state index in [9.17, 15) is 4.79 Å². The Morgan fingerprint density at radius 1 is 1.06 bits per heavy atom. The highest BCUT2D eigenvalue weighted by molar-refractivity contribution is 5.95. The van der Waals surface area contributed by atoms with Gasteiger partial charge < -0.3 is 20.7 Å². The summed E-state index contributed by atoms with van der Waals surface area (Å²) in [4.78, 5) is 18.9. The summed E-state index contributed by atoms with van der Waals surface area (Å²) < 4.78 is 5.81. The highest BCUT2D eigenvalue weighted by Gasteiger charge is 2.11. The van der Waals surface area contributed by atoms with Gasteiger partial charge in [-0.05, 0) is 69.4 Å². The van der Waals surface area contributed by atoms with Crippen LogP contribution in [-0.4, -0.2) is 49.1 Å². The summed E-state index contributed by atoms with van der Waals surface area (Å²) in [6, 6.07) is 17.3. The Bertz CT molecular complexity index is 1050. The second-order valence-electron chi connectivity index (χ2n) is 7.99. The monoisotopic (exact) mass is 418 g/mol. The van der Waals surface area contributed by atoms with Gasteiger partial charge in [0.25, 0.3) is 5.91 Å². The lowest BCUT2D eigenvalue weighted by Crippen LogP contribution is -2.31. The number of hydrogen-bond donors (Lipinski definition) is 2. The molecule has 6 nitrogen and oxygen atoms in total. The van der Waals surface area contributed by atoms with Gasteiger partial charge in [-0.25, -0.2) is 4.98 Å². The smallest absolute Gasteiger partial charge is 0.251 e. The Morgan fingerprint density at radius 2 is 1.81 bits per heavy atom. The van der Waals surface area contributed by atoms with Crippen LogP contribution in [-0.2, 0) is 0 Å². The number of anilines is 1. The van der Waals surface area contributed by atoms with Crippen molar-refractivity contribution in [1.82, 2.24) is 15.2 Å². The molecular weight excluding hydrogens is 388 g/mol. The SMILES string of the molecule is CC(C)Oc1cccc(-c2cc(-c3cccc(C(=O)NCCN(C)C)c3)cnc2N)c1. The van der Waals surface area contributed by atoms with E-state index in [0.29, 0.717) is 17.9 Å². The number of aromatic nitrogens is 1. The van der Waals surface area contributed by atoms with Gasteiger partial charge in [-0.1, -0.05) is 24.3 Å². The van der Waals surface area contributed by atoms with E-state index in [1.807, 2.05) is 87.4 Å². The molecule has 3 rings (SSSR count). The van der Waals surface area contributed by atoms with E-state index in [1.165, 1.54) is 0 Å². The highest BCUT2D eigenvalue weighted by Crippen LogP contribution is 2.32. The van der Waals surface area contributed by atoms with E-state index in [2.05, 4.69) is 10.3 Å². The van der Waals surface area contributed by atoms with Gasteiger partial charge in [0.2, 0.25) is 0 Å². The molecule has 0 atom stereocenters. The van der Waals surface area contributed by atoms with E-state index >= 15 is 0 Å². The summed E-state index contributed by atoms with van der Waals surface area (Å²) in [5.74, 6) is 1.14. The number of nitrogens with zero attached hydrogens (tertiary/aromatic N) is 2. The Morgan fingerprint density at radius 3 is 2.55 bits per heavy atom. The van der Waals surface area contributed by atoms with Crippen LogP contribution >= 0.6 is 0 Å². The Balaban J connectivity index is 1.87. The zero-order valence-corrected chi connectivity index (χ0v) is 18.6. The van der Waals surface area contributed by atoms with Crippen LogP contribution in [0.3, 0.4) is 0 Å². The highest BCUT2D eigenvalue weighted by atomic mass is 16.5. The number of carbonyl (C=O) groups is 1. The number of carbonyl (C=O) groups excluding carboxylic acids is 1. The minimum atomic E-state index is -0.0918. The van der Waals surface area contributed by atoms with Crippen LogP contribution in [0.25, 0.3) is 22.3 Å². The predicted octanol–water partition coefficient (Wildman–Crippen LogP) is 4.08. The van der Waals surface area contributed by atoms with Crippen LogP contribution in [0.1, 0.15) is 24.2 Å². The van der Waals surface area contributed by atoms with Crippen LogP contribution in [0.5, 0.6) is 5.75 Å². The molecule has 0 unspecified atom stereocenters. The fourth-order valence-corrected chi connectivity index (χ4v) is 3.21. The lowest BCUT2D eigenvalue weighted by Gasteiger charge is -2.13. The number of nitrogens with two attached hydrogens (primary N) is 1. The van der Waals surface area contributed by atoms with E-state index < -0.39 is 0 Å². The van der Waals surface area contributed by atoms with E-state index in [-0.39, 0.29) is 12.0 Å². The molecule has 3 aromatic rings. The van der Waals surface area contributed by atoms with Crippen molar-refractivity contribution < 1.29 is 9.53 Å². The molecule has 0 bridgehead atoms. The summed E-state index contributed by atoms with van der Waals surface area (Å²) in [6.07, 6.45) is 1.82. The maximum Gasteiger partial charge on any atom is 0.251 e.